The predicted molar refractivity (Wildman–Crippen MR) is 65.5 cm³/mol. The van der Waals surface area contributed by atoms with Gasteiger partial charge in [-0.1, -0.05) is 27.6 Å². The molecule has 0 aromatic rings. The molecule has 0 saturated carbocycles. The molecule has 3 atom stereocenters. The molecule has 0 saturated heterocycles. The summed E-state index contributed by atoms with van der Waals surface area (Å²) < 4.78 is 15.6. The Morgan fingerprint density at radius 2 is 2.35 bits per heavy atom. The molecule has 4 nitrogen and oxygen atoms in total. The highest BCUT2D eigenvalue weighted by Gasteiger charge is 2.43. The van der Waals surface area contributed by atoms with E-state index in [9.17, 15) is 4.79 Å². The number of hydrogen-bond donors (Lipinski definition) is 0. The zero-order valence-electron chi connectivity index (χ0n) is 9.81. The highest BCUT2D eigenvalue weighted by Crippen LogP contribution is 2.43. The second-order valence-electron chi connectivity index (χ2n) is 4.09. The predicted octanol–water partition coefficient (Wildman–Crippen LogP) is 2.00. The maximum atomic E-state index is 11.7. The maximum absolute atomic E-state index is 11.7. The number of hydrogen-bond acceptors (Lipinski definition) is 4. The van der Waals surface area contributed by atoms with E-state index in [-0.39, 0.29) is 24.1 Å². The second kappa shape index (κ2) is 5.23. The highest BCUT2D eigenvalue weighted by molar-refractivity contribution is 9.09. The Bertz CT molecular complexity index is 375. The first kappa shape index (κ1) is 12.6. The van der Waals surface area contributed by atoms with Crippen LogP contribution in [0.1, 0.15) is 6.42 Å². The van der Waals surface area contributed by atoms with Crippen molar-refractivity contribution in [2.24, 2.45) is 11.8 Å². The SMILES string of the molecule is COC(=O)C1=COC(OC)C2C(CBr)=CCC12. The van der Waals surface area contributed by atoms with Gasteiger partial charge in [0, 0.05) is 18.4 Å². The quantitative estimate of drug-likeness (QED) is 0.454. The van der Waals surface area contributed by atoms with Crippen LogP contribution in [0.15, 0.2) is 23.5 Å². The molecule has 0 N–H and O–H groups in total. The van der Waals surface area contributed by atoms with Crippen LogP contribution in [0.25, 0.3) is 0 Å². The van der Waals surface area contributed by atoms with Crippen LogP contribution >= 0.6 is 15.9 Å². The molecule has 94 valence electrons. The average Bonchev–Trinajstić information content (AvgIpc) is 2.80. The Hall–Kier alpha value is -0.810. The van der Waals surface area contributed by atoms with Crippen LogP contribution in [0.3, 0.4) is 0 Å². The number of carbonyl (C=O) groups is 1. The lowest BCUT2D eigenvalue weighted by atomic mass is 9.84. The minimum absolute atomic E-state index is 0.0958. The van der Waals surface area contributed by atoms with Gasteiger partial charge in [-0.05, 0) is 6.42 Å². The van der Waals surface area contributed by atoms with Gasteiger partial charge in [-0.15, -0.1) is 0 Å². The number of allylic oxidation sites excluding steroid dienone is 1. The molecule has 1 aliphatic heterocycles. The van der Waals surface area contributed by atoms with Crippen LogP contribution < -0.4 is 0 Å². The van der Waals surface area contributed by atoms with Crippen LogP contribution in [0.2, 0.25) is 0 Å². The number of ether oxygens (including phenoxy) is 3. The summed E-state index contributed by atoms with van der Waals surface area (Å²) in [6, 6.07) is 0. The van der Waals surface area contributed by atoms with Crippen molar-refractivity contribution in [3.63, 3.8) is 0 Å². The third-order valence-electron chi connectivity index (χ3n) is 3.33. The van der Waals surface area contributed by atoms with E-state index >= 15 is 0 Å². The lowest BCUT2D eigenvalue weighted by molar-refractivity contribution is -0.146. The first-order valence-electron chi connectivity index (χ1n) is 5.44. The molecule has 0 aromatic heterocycles. The van der Waals surface area contributed by atoms with Crippen molar-refractivity contribution in [3.8, 4) is 0 Å². The van der Waals surface area contributed by atoms with E-state index in [1.165, 1.54) is 18.9 Å². The fourth-order valence-corrected chi connectivity index (χ4v) is 3.08. The zero-order chi connectivity index (χ0) is 12.4. The Labute approximate surface area is 109 Å². The number of carbonyl (C=O) groups excluding carboxylic acids is 1. The molecule has 0 spiro atoms. The second-order valence-corrected chi connectivity index (χ2v) is 4.65. The summed E-state index contributed by atoms with van der Waals surface area (Å²) in [5.74, 6) is -0.119. The van der Waals surface area contributed by atoms with Gasteiger partial charge in [-0.2, -0.15) is 0 Å². The first-order valence-corrected chi connectivity index (χ1v) is 6.56. The molecule has 0 bridgehead atoms. The highest BCUT2D eigenvalue weighted by atomic mass is 79.9. The number of alkyl halides is 1. The monoisotopic (exact) mass is 302 g/mol. The zero-order valence-corrected chi connectivity index (χ0v) is 11.4. The van der Waals surface area contributed by atoms with Crippen molar-refractivity contribution in [1.29, 1.82) is 0 Å². The van der Waals surface area contributed by atoms with Crippen LogP contribution in [-0.4, -0.2) is 31.8 Å². The number of halogens is 1. The number of methoxy groups -OCH3 is 2. The summed E-state index contributed by atoms with van der Waals surface area (Å²) in [7, 11) is 3.00. The molecule has 1 aliphatic carbocycles. The maximum Gasteiger partial charge on any atom is 0.337 e. The molecule has 0 radical (unpaired) electrons. The summed E-state index contributed by atoms with van der Waals surface area (Å²) in [5, 5.41) is 0.770. The molecule has 3 unspecified atom stereocenters. The average molecular weight is 303 g/mol. The van der Waals surface area contributed by atoms with E-state index in [2.05, 4.69) is 22.0 Å². The third-order valence-corrected chi connectivity index (χ3v) is 3.97. The molecular weight excluding hydrogens is 288 g/mol. The standard InChI is InChI=1S/C12H15BrO4/c1-15-11(14)9-6-17-12(16-2)10-7(5-13)3-4-8(9)10/h3,6,8,10,12H,4-5H2,1-2H3. The van der Waals surface area contributed by atoms with E-state index in [1.807, 2.05) is 0 Å². The van der Waals surface area contributed by atoms with Gasteiger partial charge in [-0.25, -0.2) is 4.79 Å². The van der Waals surface area contributed by atoms with E-state index in [0.717, 1.165) is 11.8 Å². The van der Waals surface area contributed by atoms with Crippen molar-refractivity contribution in [2.45, 2.75) is 12.7 Å². The van der Waals surface area contributed by atoms with Gasteiger partial charge < -0.3 is 14.2 Å². The molecule has 2 aliphatic rings. The smallest absolute Gasteiger partial charge is 0.337 e. The Kier molecular flexibility index (Phi) is 3.89. The van der Waals surface area contributed by atoms with E-state index in [4.69, 9.17) is 14.2 Å². The topological polar surface area (TPSA) is 44.8 Å². The minimum atomic E-state index is -0.321. The summed E-state index contributed by atoms with van der Waals surface area (Å²) >= 11 is 3.45. The fraction of sp³-hybridized carbons (Fsp3) is 0.583. The van der Waals surface area contributed by atoms with Gasteiger partial charge in [0.15, 0.2) is 0 Å². The third kappa shape index (κ3) is 2.13. The Morgan fingerprint density at radius 3 is 2.94 bits per heavy atom. The van der Waals surface area contributed by atoms with E-state index in [1.54, 1.807) is 7.11 Å². The van der Waals surface area contributed by atoms with Crippen LogP contribution in [0, 0.1) is 11.8 Å². The fourth-order valence-electron chi connectivity index (χ4n) is 2.48. The summed E-state index contributed by atoms with van der Waals surface area (Å²) in [6.45, 7) is 0. The Morgan fingerprint density at radius 1 is 1.59 bits per heavy atom. The van der Waals surface area contributed by atoms with Crippen molar-refractivity contribution in [1.82, 2.24) is 0 Å². The minimum Gasteiger partial charge on any atom is -0.471 e. The number of rotatable bonds is 3. The Balaban J connectivity index is 2.27. The van der Waals surface area contributed by atoms with Crippen molar-refractivity contribution in [2.75, 3.05) is 19.5 Å². The van der Waals surface area contributed by atoms with Gasteiger partial charge in [0.1, 0.15) is 0 Å². The van der Waals surface area contributed by atoms with Gasteiger partial charge >= 0.3 is 5.97 Å². The summed E-state index contributed by atoms with van der Waals surface area (Å²) in [5.41, 5.74) is 1.81. The molecule has 0 amide bonds. The van der Waals surface area contributed by atoms with Gasteiger partial charge in [0.25, 0.3) is 0 Å². The lowest BCUT2D eigenvalue weighted by Gasteiger charge is -2.33. The molecule has 0 fully saturated rings. The molecular formula is C12H15BrO4. The molecule has 1 heterocycles. The first-order chi connectivity index (χ1) is 8.22. The molecule has 5 heteroatoms. The van der Waals surface area contributed by atoms with Crippen molar-refractivity contribution >= 4 is 21.9 Å². The van der Waals surface area contributed by atoms with Gasteiger partial charge in [-0.3, -0.25) is 0 Å². The molecule has 17 heavy (non-hydrogen) atoms. The van der Waals surface area contributed by atoms with E-state index in [0.29, 0.717) is 5.57 Å². The summed E-state index contributed by atoms with van der Waals surface area (Å²) in [4.78, 5) is 11.7. The largest absolute Gasteiger partial charge is 0.471 e. The van der Waals surface area contributed by atoms with Crippen LogP contribution in [-0.2, 0) is 19.0 Å². The number of esters is 1. The van der Waals surface area contributed by atoms with Crippen molar-refractivity contribution < 1.29 is 19.0 Å². The molecule has 0 aromatic carbocycles. The van der Waals surface area contributed by atoms with Crippen LogP contribution in [0.4, 0.5) is 0 Å². The van der Waals surface area contributed by atoms with E-state index < -0.39 is 0 Å². The molecule has 2 rings (SSSR count). The lowest BCUT2D eigenvalue weighted by Crippen LogP contribution is -2.36. The number of fused-ring (bicyclic) bond motifs is 1. The van der Waals surface area contributed by atoms with Gasteiger partial charge in [0.05, 0.1) is 24.9 Å². The normalized spacial score (nSPS) is 31.1. The van der Waals surface area contributed by atoms with Crippen LogP contribution in [0.5, 0.6) is 0 Å². The van der Waals surface area contributed by atoms with Crippen molar-refractivity contribution in [3.05, 3.63) is 23.5 Å². The summed E-state index contributed by atoms with van der Waals surface area (Å²) in [6.07, 6.45) is 4.13. The van der Waals surface area contributed by atoms with Gasteiger partial charge in [0.2, 0.25) is 6.29 Å².